The predicted molar refractivity (Wildman–Crippen MR) is 103 cm³/mol. The number of benzene rings is 2. The number of fused-ring (bicyclic) bond motifs is 2. The Morgan fingerprint density at radius 1 is 1.07 bits per heavy atom. The van der Waals surface area contributed by atoms with Gasteiger partial charge in [0.1, 0.15) is 5.39 Å². The van der Waals surface area contributed by atoms with E-state index in [4.69, 9.17) is 17.4 Å². The smallest absolute Gasteiger partial charge is 0.284 e. The van der Waals surface area contributed by atoms with Crippen LogP contribution in [0.3, 0.4) is 0 Å². The van der Waals surface area contributed by atoms with Crippen molar-refractivity contribution >= 4 is 28.6 Å². The van der Waals surface area contributed by atoms with E-state index in [1.807, 2.05) is 42.5 Å². The van der Waals surface area contributed by atoms with Gasteiger partial charge in [0, 0.05) is 5.02 Å². The molecule has 0 saturated carbocycles. The zero-order valence-electron chi connectivity index (χ0n) is 14.0. The minimum Gasteiger partial charge on any atom is -0.292 e. The monoisotopic (exact) mass is 379 g/mol. The van der Waals surface area contributed by atoms with Crippen molar-refractivity contribution < 1.29 is 0 Å². The summed E-state index contributed by atoms with van der Waals surface area (Å²) in [5, 5.41) is 6.77. The third kappa shape index (κ3) is 2.38. The SMILES string of the molecule is NN1c2nc3c(cnn3-c3ccccc3)c(=O)n2NC1c1ccc(Cl)cc1. The van der Waals surface area contributed by atoms with Crippen LogP contribution in [0.15, 0.2) is 65.6 Å². The number of halogens is 1. The summed E-state index contributed by atoms with van der Waals surface area (Å²) in [4.78, 5) is 17.5. The van der Waals surface area contributed by atoms with Crippen LogP contribution in [0.2, 0.25) is 5.02 Å². The average Bonchev–Trinajstić information content (AvgIpc) is 3.26. The van der Waals surface area contributed by atoms with Crippen molar-refractivity contribution in [1.29, 1.82) is 0 Å². The molecule has 1 aliphatic heterocycles. The lowest BCUT2D eigenvalue weighted by molar-refractivity contribution is 0.715. The van der Waals surface area contributed by atoms with Gasteiger partial charge in [0.2, 0.25) is 5.95 Å². The minimum atomic E-state index is -0.438. The Bertz CT molecular complexity index is 1200. The largest absolute Gasteiger partial charge is 0.292 e. The first-order chi connectivity index (χ1) is 13.1. The van der Waals surface area contributed by atoms with E-state index in [2.05, 4.69) is 15.5 Å². The molecule has 27 heavy (non-hydrogen) atoms. The molecule has 0 aliphatic carbocycles. The first-order valence-electron chi connectivity index (χ1n) is 8.25. The number of anilines is 1. The van der Waals surface area contributed by atoms with E-state index in [0.717, 1.165) is 11.3 Å². The Hall–Kier alpha value is -3.36. The zero-order chi connectivity index (χ0) is 18.5. The molecule has 8 nitrogen and oxygen atoms in total. The molecule has 134 valence electrons. The molecular weight excluding hydrogens is 366 g/mol. The summed E-state index contributed by atoms with van der Waals surface area (Å²) >= 11 is 5.96. The van der Waals surface area contributed by atoms with E-state index in [1.54, 1.807) is 16.8 Å². The number of hydrogen-bond donors (Lipinski definition) is 2. The Balaban J connectivity index is 1.65. The van der Waals surface area contributed by atoms with Gasteiger partial charge in [-0.25, -0.2) is 10.5 Å². The number of hydrazine groups is 1. The Labute approximate surface area is 158 Å². The number of nitrogens with two attached hydrogens (primary N) is 1. The fourth-order valence-corrected chi connectivity index (χ4v) is 3.31. The van der Waals surface area contributed by atoms with Crippen LogP contribution in [0.4, 0.5) is 5.95 Å². The topological polar surface area (TPSA) is 94.0 Å². The second-order valence-electron chi connectivity index (χ2n) is 6.17. The third-order valence-corrected chi connectivity index (χ3v) is 4.78. The highest BCUT2D eigenvalue weighted by molar-refractivity contribution is 6.30. The summed E-state index contributed by atoms with van der Waals surface area (Å²) in [6, 6.07) is 16.8. The second kappa shape index (κ2) is 5.83. The Kier molecular flexibility index (Phi) is 3.43. The third-order valence-electron chi connectivity index (χ3n) is 4.53. The van der Waals surface area contributed by atoms with Crippen LogP contribution in [0.25, 0.3) is 16.7 Å². The van der Waals surface area contributed by atoms with Crippen LogP contribution in [-0.4, -0.2) is 19.4 Å². The van der Waals surface area contributed by atoms with Crippen LogP contribution in [0.1, 0.15) is 11.7 Å². The first kappa shape index (κ1) is 15.9. The van der Waals surface area contributed by atoms with Crippen LogP contribution in [-0.2, 0) is 0 Å². The van der Waals surface area contributed by atoms with Crippen LogP contribution >= 0.6 is 11.6 Å². The van der Waals surface area contributed by atoms with Gasteiger partial charge in [-0.05, 0) is 29.8 Å². The molecule has 5 rings (SSSR count). The summed E-state index contributed by atoms with van der Waals surface area (Å²) < 4.78 is 2.97. The lowest BCUT2D eigenvalue weighted by Crippen LogP contribution is -2.34. The number of para-hydroxylation sites is 1. The van der Waals surface area contributed by atoms with E-state index in [1.165, 1.54) is 15.9 Å². The molecule has 0 radical (unpaired) electrons. The molecule has 2 aromatic heterocycles. The van der Waals surface area contributed by atoms with Crippen LogP contribution < -0.4 is 21.8 Å². The number of hydrogen-bond acceptors (Lipinski definition) is 6. The van der Waals surface area contributed by atoms with Crippen LogP contribution in [0.5, 0.6) is 0 Å². The fourth-order valence-electron chi connectivity index (χ4n) is 3.18. The quantitative estimate of drug-likeness (QED) is 0.518. The van der Waals surface area contributed by atoms with Gasteiger partial charge in [0.25, 0.3) is 5.56 Å². The lowest BCUT2D eigenvalue weighted by atomic mass is 10.2. The maximum Gasteiger partial charge on any atom is 0.284 e. The van der Waals surface area contributed by atoms with Crippen molar-refractivity contribution in [3.8, 4) is 5.69 Å². The van der Waals surface area contributed by atoms with Gasteiger partial charge >= 0.3 is 0 Å². The number of nitrogens with one attached hydrogen (secondary N) is 1. The minimum absolute atomic E-state index is 0.260. The maximum atomic E-state index is 12.9. The second-order valence-corrected chi connectivity index (χ2v) is 6.61. The molecule has 0 spiro atoms. The zero-order valence-corrected chi connectivity index (χ0v) is 14.7. The van der Waals surface area contributed by atoms with Crippen molar-refractivity contribution in [2.24, 2.45) is 5.84 Å². The van der Waals surface area contributed by atoms with E-state index < -0.39 is 6.17 Å². The highest BCUT2D eigenvalue weighted by Crippen LogP contribution is 2.28. The lowest BCUT2D eigenvalue weighted by Gasteiger charge is -2.19. The molecule has 1 aliphatic rings. The summed E-state index contributed by atoms with van der Waals surface area (Å²) in [6.07, 6.45) is 1.08. The standard InChI is InChI=1S/C18H14ClN7O/c19-12-8-6-11(7-9-12)15-23-26-17(27)14-10-21-25(13-4-2-1-3-5-13)16(14)22-18(26)24(15)20/h1-10,15,23H,20H2. The molecule has 1 unspecified atom stereocenters. The molecule has 4 aromatic rings. The van der Waals surface area contributed by atoms with E-state index in [0.29, 0.717) is 22.0 Å². The van der Waals surface area contributed by atoms with Gasteiger partial charge in [-0.2, -0.15) is 14.8 Å². The number of aromatic nitrogens is 4. The van der Waals surface area contributed by atoms with Crippen molar-refractivity contribution in [2.45, 2.75) is 6.17 Å². The fraction of sp³-hybridized carbons (Fsp3) is 0.0556. The van der Waals surface area contributed by atoms with Gasteiger partial charge in [-0.1, -0.05) is 41.9 Å². The van der Waals surface area contributed by atoms with E-state index in [9.17, 15) is 4.79 Å². The molecule has 0 fully saturated rings. The van der Waals surface area contributed by atoms with E-state index in [-0.39, 0.29) is 5.56 Å². The summed E-state index contributed by atoms with van der Waals surface area (Å²) in [7, 11) is 0. The van der Waals surface area contributed by atoms with E-state index >= 15 is 0 Å². The molecule has 2 aromatic carbocycles. The molecule has 0 amide bonds. The van der Waals surface area contributed by atoms with Crippen molar-refractivity contribution in [1.82, 2.24) is 19.4 Å². The highest BCUT2D eigenvalue weighted by atomic mass is 35.5. The van der Waals surface area contributed by atoms with Gasteiger partial charge in [-0.15, -0.1) is 0 Å². The van der Waals surface area contributed by atoms with Gasteiger partial charge in [-0.3, -0.25) is 15.2 Å². The first-order valence-corrected chi connectivity index (χ1v) is 8.63. The Morgan fingerprint density at radius 3 is 2.56 bits per heavy atom. The molecule has 9 heteroatoms. The normalized spacial score (nSPS) is 15.8. The van der Waals surface area contributed by atoms with Gasteiger partial charge < -0.3 is 0 Å². The number of rotatable bonds is 2. The molecule has 0 saturated heterocycles. The molecule has 1 atom stereocenters. The number of nitrogens with zero attached hydrogens (tertiary/aromatic N) is 5. The van der Waals surface area contributed by atoms with Crippen molar-refractivity contribution in [3.63, 3.8) is 0 Å². The van der Waals surface area contributed by atoms with Gasteiger partial charge in [0.15, 0.2) is 11.8 Å². The maximum absolute atomic E-state index is 12.9. The predicted octanol–water partition coefficient (Wildman–Crippen LogP) is 2.17. The Morgan fingerprint density at radius 2 is 1.81 bits per heavy atom. The molecular formula is C18H14ClN7O. The summed E-state index contributed by atoms with van der Waals surface area (Å²) in [5.41, 5.74) is 4.96. The highest BCUT2D eigenvalue weighted by Gasteiger charge is 2.32. The van der Waals surface area contributed by atoms with Gasteiger partial charge in [0.05, 0.1) is 11.9 Å². The molecule has 0 bridgehead atoms. The average molecular weight is 380 g/mol. The molecule has 3 N–H and O–H groups in total. The van der Waals surface area contributed by atoms with Crippen LogP contribution in [0, 0.1) is 0 Å². The molecule has 3 heterocycles. The summed E-state index contributed by atoms with van der Waals surface area (Å²) in [6.45, 7) is 0. The van der Waals surface area contributed by atoms with Crippen molar-refractivity contribution in [3.05, 3.63) is 81.7 Å². The van der Waals surface area contributed by atoms with Crippen molar-refractivity contribution in [2.75, 3.05) is 10.4 Å². The summed E-state index contributed by atoms with van der Waals surface area (Å²) in [5.74, 6) is 6.57.